The highest BCUT2D eigenvalue weighted by atomic mass is 35.5. The van der Waals surface area contributed by atoms with Crippen molar-refractivity contribution < 1.29 is 9.84 Å². The predicted octanol–water partition coefficient (Wildman–Crippen LogP) is 1.86. The number of aliphatic hydroxyl groups is 1. The lowest BCUT2D eigenvalue weighted by molar-refractivity contribution is 0.191. The van der Waals surface area contributed by atoms with Gasteiger partial charge in [-0.05, 0) is 43.7 Å². The summed E-state index contributed by atoms with van der Waals surface area (Å²) in [5.41, 5.74) is 1.08. The zero-order valence-electron chi connectivity index (χ0n) is 9.66. The van der Waals surface area contributed by atoms with Gasteiger partial charge in [0.05, 0.1) is 13.2 Å². The lowest BCUT2D eigenvalue weighted by Gasteiger charge is -2.10. The van der Waals surface area contributed by atoms with Crippen LogP contribution < -0.4 is 10.1 Å². The maximum Gasteiger partial charge on any atom is 0.122 e. The molecule has 0 heterocycles. The lowest BCUT2D eigenvalue weighted by atomic mass is 10.1. The van der Waals surface area contributed by atoms with Crippen molar-refractivity contribution in [2.75, 3.05) is 20.2 Å². The number of methoxy groups -OCH3 is 1. The van der Waals surface area contributed by atoms with Gasteiger partial charge in [0, 0.05) is 11.6 Å². The number of hydrogen-bond donors (Lipinski definition) is 2. The minimum atomic E-state index is -0.318. The van der Waals surface area contributed by atoms with Crippen LogP contribution in [0.15, 0.2) is 18.2 Å². The van der Waals surface area contributed by atoms with E-state index in [0.717, 1.165) is 24.3 Å². The van der Waals surface area contributed by atoms with Crippen LogP contribution in [0.2, 0.25) is 5.02 Å². The molecule has 0 aliphatic carbocycles. The lowest BCUT2D eigenvalue weighted by Crippen LogP contribution is -2.26. The van der Waals surface area contributed by atoms with Gasteiger partial charge in [-0.3, -0.25) is 0 Å². The van der Waals surface area contributed by atoms with Gasteiger partial charge in [-0.1, -0.05) is 11.6 Å². The van der Waals surface area contributed by atoms with E-state index >= 15 is 0 Å². The molecule has 3 nitrogen and oxygen atoms in total. The summed E-state index contributed by atoms with van der Waals surface area (Å²) in [5.74, 6) is 0.850. The van der Waals surface area contributed by atoms with E-state index in [0.29, 0.717) is 11.6 Å². The largest absolute Gasteiger partial charge is 0.496 e. The quantitative estimate of drug-likeness (QED) is 0.750. The summed E-state index contributed by atoms with van der Waals surface area (Å²) < 4.78 is 5.24. The van der Waals surface area contributed by atoms with Gasteiger partial charge >= 0.3 is 0 Å². The molecule has 1 aromatic rings. The number of aliphatic hydroxyl groups excluding tert-OH is 1. The fraction of sp³-hybridized carbons (Fsp3) is 0.500. The normalized spacial score (nSPS) is 12.5. The van der Waals surface area contributed by atoms with Crippen LogP contribution in [0.3, 0.4) is 0 Å². The number of benzene rings is 1. The molecule has 0 saturated heterocycles. The van der Waals surface area contributed by atoms with E-state index < -0.39 is 0 Å². The zero-order valence-corrected chi connectivity index (χ0v) is 10.4. The molecule has 0 bridgehead atoms. The Labute approximate surface area is 101 Å². The van der Waals surface area contributed by atoms with Gasteiger partial charge < -0.3 is 15.2 Å². The van der Waals surface area contributed by atoms with Crippen molar-refractivity contribution in [2.45, 2.75) is 19.4 Å². The SMILES string of the molecule is COc1ccc(Cl)cc1CCNCC(C)O. The average Bonchev–Trinajstić information content (AvgIpc) is 2.24. The third-order valence-corrected chi connectivity index (χ3v) is 2.49. The topological polar surface area (TPSA) is 41.5 Å². The second kappa shape index (κ2) is 6.74. The smallest absolute Gasteiger partial charge is 0.122 e. The van der Waals surface area contributed by atoms with Crippen LogP contribution in [0.5, 0.6) is 5.75 Å². The predicted molar refractivity (Wildman–Crippen MR) is 66.3 cm³/mol. The maximum atomic E-state index is 9.09. The van der Waals surface area contributed by atoms with Gasteiger partial charge in [-0.2, -0.15) is 0 Å². The average molecular weight is 244 g/mol. The molecule has 4 heteroatoms. The van der Waals surface area contributed by atoms with E-state index in [1.807, 2.05) is 18.2 Å². The third-order valence-electron chi connectivity index (χ3n) is 2.25. The molecule has 90 valence electrons. The molecule has 0 fully saturated rings. The van der Waals surface area contributed by atoms with Crippen molar-refractivity contribution >= 4 is 11.6 Å². The van der Waals surface area contributed by atoms with Gasteiger partial charge in [0.25, 0.3) is 0 Å². The molecule has 0 aliphatic heterocycles. The standard InChI is InChI=1S/C12H18ClNO2/c1-9(15)8-14-6-5-10-7-11(13)3-4-12(10)16-2/h3-4,7,9,14-15H,5-6,8H2,1-2H3. The third kappa shape index (κ3) is 4.39. The number of halogens is 1. The van der Waals surface area contributed by atoms with Crippen molar-refractivity contribution in [3.63, 3.8) is 0 Å². The Balaban J connectivity index is 2.48. The van der Waals surface area contributed by atoms with Gasteiger partial charge in [-0.15, -0.1) is 0 Å². The Hall–Kier alpha value is -0.770. The maximum absolute atomic E-state index is 9.09. The Morgan fingerprint density at radius 3 is 2.88 bits per heavy atom. The van der Waals surface area contributed by atoms with Crippen LogP contribution in [0.1, 0.15) is 12.5 Å². The molecule has 1 rings (SSSR count). The Morgan fingerprint density at radius 1 is 1.50 bits per heavy atom. The fourth-order valence-corrected chi connectivity index (χ4v) is 1.67. The molecule has 1 aromatic carbocycles. The Bertz CT molecular complexity index is 329. The second-order valence-corrected chi connectivity index (χ2v) is 4.20. The van der Waals surface area contributed by atoms with Crippen molar-refractivity contribution in [2.24, 2.45) is 0 Å². The molecular weight excluding hydrogens is 226 g/mol. The summed E-state index contributed by atoms with van der Waals surface area (Å²) >= 11 is 5.92. The van der Waals surface area contributed by atoms with Crippen LogP contribution in [0.25, 0.3) is 0 Å². The molecular formula is C12H18ClNO2. The van der Waals surface area contributed by atoms with Crippen molar-refractivity contribution in [3.8, 4) is 5.75 Å². The highest BCUT2D eigenvalue weighted by Crippen LogP contribution is 2.22. The summed E-state index contributed by atoms with van der Waals surface area (Å²) in [6, 6.07) is 5.59. The summed E-state index contributed by atoms with van der Waals surface area (Å²) in [6.07, 6.45) is 0.512. The van der Waals surface area contributed by atoms with Gasteiger partial charge in [0.1, 0.15) is 5.75 Å². The highest BCUT2D eigenvalue weighted by molar-refractivity contribution is 6.30. The second-order valence-electron chi connectivity index (χ2n) is 3.76. The Morgan fingerprint density at radius 2 is 2.25 bits per heavy atom. The highest BCUT2D eigenvalue weighted by Gasteiger charge is 2.03. The van der Waals surface area contributed by atoms with E-state index in [2.05, 4.69) is 5.32 Å². The first-order valence-corrected chi connectivity index (χ1v) is 5.72. The minimum Gasteiger partial charge on any atom is -0.496 e. The first kappa shape index (κ1) is 13.3. The van der Waals surface area contributed by atoms with E-state index in [1.165, 1.54) is 0 Å². The molecule has 0 aromatic heterocycles. The van der Waals surface area contributed by atoms with Crippen molar-refractivity contribution in [1.29, 1.82) is 0 Å². The molecule has 0 radical (unpaired) electrons. The minimum absolute atomic E-state index is 0.318. The molecule has 1 unspecified atom stereocenters. The zero-order chi connectivity index (χ0) is 12.0. The molecule has 0 aliphatic rings. The molecule has 16 heavy (non-hydrogen) atoms. The van der Waals surface area contributed by atoms with Gasteiger partial charge in [-0.25, -0.2) is 0 Å². The molecule has 0 amide bonds. The number of hydrogen-bond acceptors (Lipinski definition) is 3. The number of ether oxygens (including phenoxy) is 1. The van der Waals surface area contributed by atoms with Crippen LogP contribution in [0.4, 0.5) is 0 Å². The van der Waals surface area contributed by atoms with Crippen LogP contribution in [0, 0.1) is 0 Å². The number of rotatable bonds is 6. The Kier molecular flexibility index (Phi) is 5.60. The first-order chi connectivity index (χ1) is 7.63. The summed E-state index contributed by atoms with van der Waals surface area (Å²) in [6.45, 7) is 3.15. The van der Waals surface area contributed by atoms with Crippen molar-refractivity contribution in [3.05, 3.63) is 28.8 Å². The molecule has 0 spiro atoms. The van der Waals surface area contributed by atoms with Gasteiger partial charge in [0.15, 0.2) is 0 Å². The summed E-state index contributed by atoms with van der Waals surface area (Å²) in [4.78, 5) is 0. The van der Waals surface area contributed by atoms with E-state index in [-0.39, 0.29) is 6.10 Å². The first-order valence-electron chi connectivity index (χ1n) is 5.34. The van der Waals surface area contributed by atoms with E-state index in [9.17, 15) is 0 Å². The van der Waals surface area contributed by atoms with E-state index in [1.54, 1.807) is 14.0 Å². The monoisotopic (exact) mass is 243 g/mol. The summed E-state index contributed by atoms with van der Waals surface area (Å²) in [7, 11) is 1.65. The fourth-order valence-electron chi connectivity index (χ4n) is 1.48. The van der Waals surface area contributed by atoms with Gasteiger partial charge in [0.2, 0.25) is 0 Å². The summed E-state index contributed by atoms with van der Waals surface area (Å²) in [5, 5.41) is 13.0. The molecule has 1 atom stereocenters. The van der Waals surface area contributed by atoms with Crippen LogP contribution in [-0.4, -0.2) is 31.4 Å². The van der Waals surface area contributed by atoms with E-state index in [4.69, 9.17) is 21.4 Å². The number of nitrogens with one attached hydrogen (secondary N) is 1. The molecule has 2 N–H and O–H groups in total. The van der Waals surface area contributed by atoms with Crippen molar-refractivity contribution in [1.82, 2.24) is 5.32 Å². The van der Waals surface area contributed by atoms with Crippen LogP contribution in [-0.2, 0) is 6.42 Å². The van der Waals surface area contributed by atoms with Crippen LogP contribution >= 0.6 is 11.6 Å². The molecule has 0 saturated carbocycles.